The molecule has 0 spiro atoms. The van der Waals surface area contributed by atoms with Crippen molar-refractivity contribution >= 4 is 21.9 Å². The standard InChI is InChI=1S/C22H20BrNO5/c1-28-17-3-2-4-18(13-17)29-14-20-19(23)9-10-21(25)24(20)12-11-15-5-7-16(8-6-15)22(26)27/h2-10,13H,11-12,14H2,1H3,(H,26,27). The van der Waals surface area contributed by atoms with E-state index in [0.717, 1.165) is 15.7 Å². The van der Waals surface area contributed by atoms with E-state index in [1.165, 1.54) is 6.07 Å². The summed E-state index contributed by atoms with van der Waals surface area (Å²) in [5, 5.41) is 9.00. The fraction of sp³-hybridized carbons (Fsp3) is 0.182. The van der Waals surface area contributed by atoms with Crippen LogP contribution in [0.1, 0.15) is 21.6 Å². The molecular formula is C22H20BrNO5. The number of halogens is 1. The topological polar surface area (TPSA) is 77.8 Å². The first-order valence-electron chi connectivity index (χ1n) is 8.95. The van der Waals surface area contributed by atoms with Crippen LogP contribution in [0.25, 0.3) is 0 Å². The quantitative estimate of drug-likeness (QED) is 0.549. The van der Waals surface area contributed by atoms with Gasteiger partial charge in [0.15, 0.2) is 0 Å². The van der Waals surface area contributed by atoms with E-state index in [4.69, 9.17) is 14.6 Å². The highest BCUT2D eigenvalue weighted by Gasteiger charge is 2.11. The number of methoxy groups -OCH3 is 1. The molecular weight excluding hydrogens is 438 g/mol. The second-order valence-electron chi connectivity index (χ2n) is 6.34. The van der Waals surface area contributed by atoms with E-state index < -0.39 is 5.97 Å². The lowest BCUT2D eigenvalue weighted by Gasteiger charge is -2.16. The van der Waals surface area contributed by atoms with E-state index in [-0.39, 0.29) is 17.7 Å². The van der Waals surface area contributed by atoms with Gasteiger partial charge in [0.1, 0.15) is 18.1 Å². The maximum atomic E-state index is 12.5. The van der Waals surface area contributed by atoms with Crippen LogP contribution in [0.3, 0.4) is 0 Å². The van der Waals surface area contributed by atoms with Gasteiger partial charge in [0.2, 0.25) is 0 Å². The summed E-state index contributed by atoms with van der Waals surface area (Å²) in [5.74, 6) is 0.372. The Morgan fingerprint density at radius 1 is 1.07 bits per heavy atom. The second-order valence-corrected chi connectivity index (χ2v) is 7.19. The van der Waals surface area contributed by atoms with Crippen molar-refractivity contribution < 1.29 is 19.4 Å². The highest BCUT2D eigenvalue weighted by atomic mass is 79.9. The van der Waals surface area contributed by atoms with Crippen LogP contribution in [-0.4, -0.2) is 22.8 Å². The molecule has 3 aromatic rings. The van der Waals surface area contributed by atoms with Gasteiger partial charge in [-0.3, -0.25) is 4.79 Å². The van der Waals surface area contributed by atoms with Crippen molar-refractivity contribution in [1.29, 1.82) is 0 Å². The van der Waals surface area contributed by atoms with Gasteiger partial charge in [0.05, 0.1) is 18.4 Å². The first-order chi connectivity index (χ1) is 14.0. The monoisotopic (exact) mass is 457 g/mol. The molecule has 1 aromatic heterocycles. The molecule has 0 saturated heterocycles. The molecule has 0 bridgehead atoms. The van der Waals surface area contributed by atoms with E-state index in [9.17, 15) is 9.59 Å². The van der Waals surface area contributed by atoms with Crippen molar-refractivity contribution in [3.63, 3.8) is 0 Å². The van der Waals surface area contributed by atoms with Crippen LogP contribution in [0, 0.1) is 0 Å². The Balaban J connectivity index is 1.77. The molecule has 1 heterocycles. The zero-order valence-corrected chi connectivity index (χ0v) is 17.4. The van der Waals surface area contributed by atoms with Gasteiger partial charge in [0.25, 0.3) is 5.56 Å². The molecule has 0 aliphatic carbocycles. The predicted octanol–water partition coefficient (Wildman–Crippen LogP) is 4.14. The van der Waals surface area contributed by atoms with E-state index in [1.54, 1.807) is 48.1 Å². The van der Waals surface area contributed by atoms with Crippen LogP contribution in [0.2, 0.25) is 0 Å². The lowest BCUT2D eigenvalue weighted by molar-refractivity contribution is 0.0697. The maximum absolute atomic E-state index is 12.5. The number of hydrogen-bond donors (Lipinski definition) is 1. The van der Waals surface area contributed by atoms with Gasteiger partial charge in [-0.05, 0) is 58.2 Å². The number of aromatic nitrogens is 1. The summed E-state index contributed by atoms with van der Waals surface area (Å²) in [7, 11) is 1.59. The number of carboxylic acids is 1. The van der Waals surface area contributed by atoms with Crippen LogP contribution in [0.15, 0.2) is 69.9 Å². The van der Waals surface area contributed by atoms with Gasteiger partial charge in [0, 0.05) is 23.2 Å². The predicted molar refractivity (Wildman–Crippen MR) is 113 cm³/mol. The van der Waals surface area contributed by atoms with Gasteiger partial charge in [-0.25, -0.2) is 4.79 Å². The number of pyridine rings is 1. The van der Waals surface area contributed by atoms with E-state index >= 15 is 0 Å². The minimum absolute atomic E-state index is 0.125. The van der Waals surface area contributed by atoms with Crippen molar-refractivity contribution in [2.24, 2.45) is 0 Å². The summed E-state index contributed by atoms with van der Waals surface area (Å²) in [4.78, 5) is 23.4. The SMILES string of the molecule is COc1cccc(OCc2c(Br)ccc(=O)n2CCc2ccc(C(=O)O)cc2)c1. The Morgan fingerprint density at radius 2 is 1.79 bits per heavy atom. The third-order valence-electron chi connectivity index (χ3n) is 4.48. The van der Waals surface area contributed by atoms with Crippen LogP contribution in [-0.2, 0) is 19.6 Å². The maximum Gasteiger partial charge on any atom is 0.335 e. The first kappa shape index (κ1) is 20.7. The smallest absolute Gasteiger partial charge is 0.335 e. The molecule has 0 unspecified atom stereocenters. The second kappa shape index (κ2) is 9.43. The highest BCUT2D eigenvalue weighted by Crippen LogP contribution is 2.22. The van der Waals surface area contributed by atoms with Crippen molar-refractivity contribution in [1.82, 2.24) is 4.57 Å². The van der Waals surface area contributed by atoms with Gasteiger partial charge < -0.3 is 19.1 Å². The van der Waals surface area contributed by atoms with Gasteiger partial charge in [-0.2, -0.15) is 0 Å². The summed E-state index contributed by atoms with van der Waals surface area (Å²) in [5.41, 5.74) is 1.78. The Labute approximate surface area is 176 Å². The molecule has 7 heteroatoms. The minimum Gasteiger partial charge on any atom is -0.497 e. The van der Waals surface area contributed by atoms with Crippen molar-refractivity contribution in [2.45, 2.75) is 19.6 Å². The van der Waals surface area contributed by atoms with E-state index in [0.29, 0.717) is 24.5 Å². The van der Waals surface area contributed by atoms with Gasteiger partial charge >= 0.3 is 5.97 Å². The molecule has 29 heavy (non-hydrogen) atoms. The number of carboxylic acid groups (broad SMARTS) is 1. The number of carbonyl (C=O) groups is 1. The minimum atomic E-state index is -0.961. The third kappa shape index (κ3) is 5.26. The summed E-state index contributed by atoms with van der Waals surface area (Å²) in [6.45, 7) is 0.656. The normalized spacial score (nSPS) is 10.6. The molecule has 0 radical (unpaired) electrons. The Hall–Kier alpha value is -3.06. The lowest BCUT2D eigenvalue weighted by Crippen LogP contribution is -2.25. The largest absolute Gasteiger partial charge is 0.497 e. The van der Waals surface area contributed by atoms with Crippen LogP contribution >= 0.6 is 15.9 Å². The number of aryl methyl sites for hydroxylation is 1. The average Bonchev–Trinajstić information content (AvgIpc) is 2.73. The zero-order valence-electron chi connectivity index (χ0n) is 15.8. The number of ether oxygens (including phenoxy) is 2. The fourth-order valence-corrected chi connectivity index (χ4v) is 3.34. The molecule has 150 valence electrons. The van der Waals surface area contributed by atoms with Crippen molar-refractivity contribution in [3.8, 4) is 11.5 Å². The van der Waals surface area contributed by atoms with E-state index in [2.05, 4.69) is 15.9 Å². The molecule has 0 aliphatic heterocycles. The van der Waals surface area contributed by atoms with Crippen molar-refractivity contribution in [2.75, 3.05) is 7.11 Å². The molecule has 0 atom stereocenters. The van der Waals surface area contributed by atoms with Crippen LogP contribution in [0.4, 0.5) is 0 Å². The van der Waals surface area contributed by atoms with Gasteiger partial charge in [-0.1, -0.05) is 18.2 Å². The van der Waals surface area contributed by atoms with Gasteiger partial charge in [-0.15, -0.1) is 0 Å². The number of rotatable bonds is 8. The molecule has 6 nitrogen and oxygen atoms in total. The fourth-order valence-electron chi connectivity index (χ4n) is 2.88. The highest BCUT2D eigenvalue weighted by molar-refractivity contribution is 9.10. The number of benzene rings is 2. The Bertz CT molecular complexity index is 1060. The molecule has 0 amide bonds. The van der Waals surface area contributed by atoms with Crippen LogP contribution < -0.4 is 15.0 Å². The summed E-state index contributed by atoms with van der Waals surface area (Å²) < 4.78 is 13.5. The number of hydrogen-bond acceptors (Lipinski definition) is 4. The molecule has 1 N–H and O–H groups in total. The zero-order chi connectivity index (χ0) is 20.8. The Kier molecular flexibility index (Phi) is 6.72. The average molecular weight is 458 g/mol. The molecule has 0 fully saturated rings. The summed E-state index contributed by atoms with van der Waals surface area (Å²) in [6.07, 6.45) is 0.586. The lowest BCUT2D eigenvalue weighted by atomic mass is 10.1. The summed E-state index contributed by atoms with van der Waals surface area (Å²) >= 11 is 3.51. The number of nitrogens with zero attached hydrogens (tertiary/aromatic N) is 1. The molecule has 0 aliphatic rings. The Morgan fingerprint density at radius 3 is 2.48 bits per heavy atom. The number of aromatic carboxylic acids is 1. The molecule has 0 saturated carbocycles. The first-order valence-corrected chi connectivity index (χ1v) is 9.74. The van der Waals surface area contributed by atoms with E-state index in [1.807, 2.05) is 18.2 Å². The molecule has 3 rings (SSSR count). The summed E-state index contributed by atoms with van der Waals surface area (Å²) in [6, 6.07) is 17.1. The van der Waals surface area contributed by atoms with Crippen LogP contribution in [0.5, 0.6) is 11.5 Å². The third-order valence-corrected chi connectivity index (χ3v) is 5.20. The molecule has 2 aromatic carbocycles. The van der Waals surface area contributed by atoms with Crippen molar-refractivity contribution in [3.05, 3.63) is 92.3 Å².